The molecule has 0 bridgehead atoms. The maximum Gasteiger partial charge on any atom is 0.231 e. The molecule has 0 saturated carbocycles. The summed E-state index contributed by atoms with van der Waals surface area (Å²) in [5.41, 5.74) is 7.43. The summed E-state index contributed by atoms with van der Waals surface area (Å²) in [6.07, 6.45) is 3.08. The zero-order valence-corrected chi connectivity index (χ0v) is 27.9. The number of benzene rings is 3. The van der Waals surface area contributed by atoms with Gasteiger partial charge in [0.25, 0.3) is 0 Å². The Morgan fingerprint density at radius 1 is 0.469 bits per heavy atom. The third kappa shape index (κ3) is 7.26. The second-order valence-electron chi connectivity index (χ2n) is 12.1. The van der Waals surface area contributed by atoms with Crippen LogP contribution in [0.3, 0.4) is 0 Å². The molecule has 0 amide bonds. The van der Waals surface area contributed by atoms with Gasteiger partial charge in [-0.1, -0.05) is 25.6 Å². The Balaban J connectivity index is 0.000000126. The maximum absolute atomic E-state index is 5.77. The number of nitrogens with one attached hydrogen (secondary N) is 3. The quantitative estimate of drug-likeness (QED) is 0.343. The van der Waals surface area contributed by atoms with Gasteiger partial charge in [0.05, 0.1) is 38.1 Å². The van der Waals surface area contributed by atoms with Crippen LogP contribution in [0.2, 0.25) is 0 Å². The molecule has 3 aromatic rings. The van der Waals surface area contributed by atoms with Crippen LogP contribution in [0.1, 0.15) is 59.1 Å². The van der Waals surface area contributed by atoms with Crippen LogP contribution >= 0.6 is 0 Å². The number of fused-ring (bicyclic) bond motifs is 9. The standard InChI is InChI=1S/3C12H15NO3.CH4/c3*1-13-6-10-11-8(4-5-14-10)2-3-9-12(11)16-7-15-9;/h3*2-3,10,13H,4-7H2,1H3;1H4/t2*10-;;/m10../s1. The molecule has 6 heterocycles. The van der Waals surface area contributed by atoms with Crippen LogP contribution in [0.4, 0.5) is 0 Å². The molecular formula is C37H49N3O9. The van der Waals surface area contributed by atoms with Gasteiger partial charge in [-0.15, -0.1) is 0 Å². The van der Waals surface area contributed by atoms with E-state index in [1.165, 1.54) is 16.7 Å². The van der Waals surface area contributed by atoms with Crippen molar-refractivity contribution in [1.82, 2.24) is 16.0 Å². The van der Waals surface area contributed by atoms with Crippen molar-refractivity contribution in [1.29, 1.82) is 0 Å². The highest BCUT2D eigenvalue weighted by Gasteiger charge is 2.32. The zero-order valence-electron chi connectivity index (χ0n) is 27.9. The molecule has 0 radical (unpaired) electrons. The molecule has 0 fully saturated rings. The van der Waals surface area contributed by atoms with Gasteiger partial charge in [-0.2, -0.15) is 0 Å². The van der Waals surface area contributed by atoms with Crippen LogP contribution in [0.15, 0.2) is 36.4 Å². The average molecular weight is 680 g/mol. The van der Waals surface area contributed by atoms with Crippen LogP contribution in [0.5, 0.6) is 34.5 Å². The lowest BCUT2D eigenvalue weighted by Crippen LogP contribution is -2.25. The van der Waals surface area contributed by atoms with Gasteiger partial charge in [0.1, 0.15) is 0 Å². The molecule has 3 N–H and O–H groups in total. The van der Waals surface area contributed by atoms with Gasteiger partial charge in [-0.05, 0) is 75.3 Å². The fourth-order valence-corrected chi connectivity index (χ4v) is 7.04. The van der Waals surface area contributed by atoms with E-state index in [2.05, 4.69) is 34.1 Å². The van der Waals surface area contributed by atoms with E-state index in [4.69, 9.17) is 42.6 Å². The molecule has 3 atom stereocenters. The van der Waals surface area contributed by atoms with E-state index in [1.54, 1.807) is 0 Å². The molecule has 3 aromatic carbocycles. The van der Waals surface area contributed by atoms with Gasteiger partial charge in [0, 0.05) is 36.3 Å². The normalized spacial score (nSPS) is 21.5. The number of likely N-dealkylation sites (N-methyl/N-ethyl adjacent to an activating group) is 3. The van der Waals surface area contributed by atoms with Gasteiger partial charge in [0.15, 0.2) is 34.5 Å². The molecule has 1 unspecified atom stereocenters. The average Bonchev–Trinajstić information content (AvgIpc) is 3.91. The number of hydrogen-bond acceptors (Lipinski definition) is 12. The Bertz CT molecular complexity index is 1400. The first-order chi connectivity index (χ1) is 23.7. The molecule has 12 nitrogen and oxygen atoms in total. The summed E-state index contributed by atoms with van der Waals surface area (Å²) >= 11 is 0. The predicted molar refractivity (Wildman–Crippen MR) is 183 cm³/mol. The van der Waals surface area contributed by atoms with Crippen LogP contribution in [-0.4, -0.2) is 81.0 Å². The smallest absolute Gasteiger partial charge is 0.231 e. The molecule has 6 aliphatic rings. The van der Waals surface area contributed by atoms with Crippen LogP contribution in [0, 0.1) is 0 Å². The first kappa shape index (κ1) is 35.1. The van der Waals surface area contributed by atoms with E-state index in [0.717, 1.165) is 110 Å². The second kappa shape index (κ2) is 16.3. The maximum atomic E-state index is 5.77. The van der Waals surface area contributed by atoms with Gasteiger partial charge >= 0.3 is 0 Å². The SMILES string of the molecule is C.CNCC1OCCc2ccc3c(c21)OCO3.CNC[C@@H]1OCCc2ccc3c(c21)OCO3.CNC[C@H]1OCCc2ccc3c(c21)OCO3. The monoisotopic (exact) mass is 679 g/mol. The molecule has 0 aliphatic carbocycles. The third-order valence-electron chi connectivity index (χ3n) is 9.21. The molecule has 49 heavy (non-hydrogen) atoms. The molecule has 266 valence electrons. The Morgan fingerprint density at radius 2 is 0.776 bits per heavy atom. The van der Waals surface area contributed by atoms with Gasteiger partial charge < -0.3 is 58.6 Å². The Hall–Kier alpha value is -3.78. The summed E-state index contributed by atoms with van der Waals surface area (Å²) in [5, 5.41) is 9.44. The summed E-state index contributed by atoms with van der Waals surface area (Å²) in [6, 6.07) is 12.3. The van der Waals surface area contributed by atoms with Gasteiger partial charge in [-0.3, -0.25) is 0 Å². The lowest BCUT2D eigenvalue weighted by molar-refractivity contribution is 0.0413. The molecule has 6 aliphatic heterocycles. The zero-order chi connectivity index (χ0) is 32.9. The van der Waals surface area contributed by atoms with E-state index >= 15 is 0 Å². The van der Waals surface area contributed by atoms with Crippen molar-refractivity contribution in [2.45, 2.75) is 45.0 Å². The van der Waals surface area contributed by atoms with E-state index in [1.807, 2.05) is 39.3 Å². The first-order valence-electron chi connectivity index (χ1n) is 16.7. The molecule has 0 spiro atoms. The summed E-state index contributed by atoms with van der Waals surface area (Å²) in [7, 11) is 5.79. The molecule has 9 rings (SSSR count). The molecule has 0 aromatic heterocycles. The van der Waals surface area contributed by atoms with E-state index in [-0.39, 0.29) is 25.7 Å². The fraction of sp³-hybridized carbons (Fsp3) is 0.514. The van der Waals surface area contributed by atoms with Crippen molar-refractivity contribution in [3.63, 3.8) is 0 Å². The highest BCUT2D eigenvalue weighted by molar-refractivity contribution is 5.56. The largest absolute Gasteiger partial charge is 0.454 e. The van der Waals surface area contributed by atoms with Crippen molar-refractivity contribution in [2.75, 3.05) is 81.0 Å². The minimum Gasteiger partial charge on any atom is -0.454 e. The van der Waals surface area contributed by atoms with Crippen molar-refractivity contribution >= 4 is 0 Å². The Morgan fingerprint density at radius 3 is 1.06 bits per heavy atom. The number of ether oxygens (including phenoxy) is 9. The summed E-state index contributed by atoms with van der Waals surface area (Å²) in [6.45, 7) is 5.68. The highest BCUT2D eigenvalue weighted by atomic mass is 16.7. The van der Waals surface area contributed by atoms with Crippen molar-refractivity contribution in [2.24, 2.45) is 0 Å². The molecule has 0 saturated heterocycles. The lowest BCUT2D eigenvalue weighted by Gasteiger charge is -2.26. The summed E-state index contributed by atoms with van der Waals surface area (Å²) < 4.78 is 50.1. The predicted octanol–water partition coefficient (Wildman–Crippen LogP) is 4.38. The minimum atomic E-state index is 0. The molecule has 12 heteroatoms. The Kier molecular flexibility index (Phi) is 11.7. The van der Waals surface area contributed by atoms with Gasteiger partial charge in [0.2, 0.25) is 20.4 Å². The second-order valence-corrected chi connectivity index (χ2v) is 12.1. The van der Waals surface area contributed by atoms with E-state index < -0.39 is 0 Å². The van der Waals surface area contributed by atoms with Crippen LogP contribution in [-0.2, 0) is 33.5 Å². The van der Waals surface area contributed by atoms with Crippen molar-refractivity contribution < 1.29 is 42.6 Å². The van der Waals surface area contributed by atoms with Crippen LogP contribution in [0.25, 0.3) is 0 Å². The van der Waals surface area contributed by atoms with Crippen LogP contribution < -0.4 is 44.4 Å². The van der Waals surface area contributed by atoms with Crippen molar-refractivity contribution in [3.8, 4) is 34.5 Å². The Labute approximate surface area is 288 Å². The van der Waals surface area contributed by atoms with Gasteiger partial charge in [-0.25, -0.2) is 0 Å². The fourth-order valence-electron chi connectivity index (χ4n) is 7.04. The van der Waals surface area contributed by atoms with E-state index in [9.17, 15) is 0 Å². The third-order valence-corrected chi connectivity index (χ3v) is 9.21. The first-order valence-corrected chi connectivity index (χ1v) is 16.7. The van der Waals surface area contributed by atoms with E-state index in [0.29, 0.717) is 20.4 Å². The van der Waals surface area contributed by atoms with Crippen molar-refractivity contribution in [3.05, 3.63) is 69.8 Å². The summed E-state index contributed by atoms with van der Waals surface area (Å²) in [4.78, 5) is 0. The number of rotatable bonds is 6. The summed E-state index contributed by atoms with van der Waals surface area (Å²) in [5.74, 6) is 5.13. The lowest BCUT2D eigenvalue weighted by atomic mass is 9.96. The number of hydrogen-bond donors (Lipinski definition) is 3. The highest BCUT2D eigenvalue weighted by Crippen LogP contribution is 2.45. The topological polar surface area (TPSA) is 119 Å². The minimum absolute atomic E-state index is 0. The molecular weight excluding hydrogens is 630 g/mol.